The summed E-state index contributed by atoms with van der Waals surface area (Å²) in [5.41, 5.74) is 2.11. The Labute approximate surface area is 246 Å². The minimum absolute atomic E-state index is 0.146. The molecule has 2 amide bonds. The third kappa shape index (κ3) is 8.81. The summed E-state index contributed by atoms with van der Waals surface area (Å²) in [6, 6.07) is 23.1. The van der Waals surface area contributed by atoms with Crippen molar-refractivity contribution in [1.82, 2.24) is 10.2 Å². The molecule has 0 bridgehead atoms. The second-order valence-corrected chi connectivity index (χ2v) is 13.0. The van der Waals surface area contributed by atoms with E-state index in [9.17, 15) is 18.0 Å². The fraction of sp³-hybridized carbons (Fsp3) is 0.286. The van der Waals surface area contributed by atoms with Crippen LogP contribution in [0.3, 0.4) is 0 Å². The van der Waals surface area contributed by atoms with E-state index in [0.29, 0.717) is 18.7 Å². The number of hydrogen-bond donors (Lipinski definition) is 1. The molecule has 0 saturated carbocycles. The Morgan fingerprint density at radius 2 is 1.58 bits per heavy atom. The van der Waals surface area contributed by atoms with Gasteiger partial charge in [0.2, 0.25) is 21.8 Å². The molecule has 202 valence electrons. The molecule has 1 N–H and O–H groups in total. The van der Waals surface area contributed by atoms with Gasteiger partial charge in [-0.15, -0.1) is 0 Å². The second kappa shape index (κ2) is 14.1. The number of rotatable bonds is 12. The lowest BCUT2D eigenvalue weighted by molar-refractivity contribution is -0.140. The van der Waals surface area contributed by atoms with Crippen molar-refractivity contribution in [2.45, 2.75) is 32.4 Å². The molecule has 0 radical (unpaired) electrons. The van der Waals surface area contributed by atoms with Gasteiger partial charge < -0.3 is 10.2 Å². The molecular weight excluding hydrogens is 681 g/mol. The number of benzene rings is 3. The van der Waals surface area contributed by atoms with Crippen molar-refractivity contribution in [3.8, 4) is 0 Å². The Morgan fingerprint density at radius 1 is 0.947 bits per heavy atom. The fourth-order valence-electron chi connectivity index (χ4n) is 3.93. The largest absolute Gasteiger partial charge is 0.354 e. The highest BCUT2D eigenvalue weighted by Crippen LogP contribution is 2.22. The molecule has 3 rings (SSSR count). The topological polar surface area (TPSA) is 86.8 Å². The van der Waals surface area contributed by atoms with E-state index >= 15 is 0 Å². The second-order valence-electron chi connectivity index (χ2n) is 8.89. The minimum atomic E-state index is -3.78. The van der Waals surface area contributed by atoms with Crippen molar-refractivity contribution in [3.05, 3.63) is 98.0 Å². The first-order valence-electron chi connectivity index (χ1n) is 12.2. The molecule has 0 aliphatic carbocycles. The Kier molecular flexibility index (Phi) is 11.2. The lowest BCUT2D eigenvalue weighted by Gasteiger charge is -2.33. The number of anilines is 1. The van der Waals surface area contributed by atoms with Gasteiger partial charge in [0.05, 0.1) is 11.9 Å². The van der Waals surface area contributed by atoms with Crippen LogP contribution in [-0.4, -0.2) is 50.5 Å². The number of carbonyl (C=O) groups excluding carboxylic acids is 2. The van der Waals surface area contributed by atoms with Crippen LogP contribution in [0.25, 0.3) is 0 Å². The third-order valence-electron chi connectivity index (χ3n) is 5.88. The fourth-order valence-corrected chi connectivity index (χ4v) is 5.40. The maximum absolute atomic E-state index is 14.0. The van der Waals surface area contributed by atoms with Crippen LogP contribution in [0.1, 0.15) is 24.5 Å². The average Bonchev–Trinajstić information content (AvgIpc) is 2.89. The summed E-state index contributed by atoms with van der Waals surface area (Å²) in [5, 5.41) is 2.93. The summed E-state index contributed by atoms with van der Waals surface area (Å²) in [6.07, 6.45) is 2.12. The maximum Gasteiger partial charge on any atom is 0.244 e. The van der Waals surface area contributed by atoms with Crippen LogP contribution >= 0.6 is 38.5 Å². The predicted molar refractivity (Wildman–Crippen MR) is 163 cm³/mol. The van der Waals surface area contributed by atoms with E-state index < -0.39 is 28.5 Å². The molecule has 10 heteroatoms. The van der Waals surface area contributed by atoms with E-state index in [-0.39, 0.29) is 12.5 Å². The SMILES string of the molecule is CCCNC(=O)C(Cc1ccccc1)N(Cc1ccc(Br)cc1)C(=O)CN(c1ccc(I)cc1)S(C)(=O)=O. The van der Waals surface area contributed by atoms with E-state index in [4.69, 9.17) is 0 Å². The summed E-state index contributed by atoms with van der Waals surface area (Å²) in [5.74, 6) is -0.745. The molecule has 3 aromatic rings. The molecule has 0 aliphatic rings. The molecule has 0 spiro atoms. The third-order valence-corrected chi connectivity index (χ3v) is 8.27. The number of sulfonamides is 1. The zero-order chi connectivity index (χ0) is 27.7. The van der Waals surface area contributed by atoms with Gasteiger partial charge >= 0.3 is 0 Å². The lowest BCUT2D eigenvalue weighted by atomic mass is 10.0. The van der Waals surface area contributed by atoms with Gasteiger partial charge in [-0.1, -0.05) is 65.3 Å². The number of nitrogens with zero attached hydrogens (tertiary/aromatic N) is 2. The molecule has 0 saturated heterocycles. The normalized spacial score (nSPS) is 12.0. The highest BCUT2D eigenvalue weighted by atomic mass is 127. The molecule has 0 fully saturated rings. The van der Waals surface area contributed by atoms with Crippen LogP contribution in [0.4, 0.5) is 5.69 Å². The summed E-state index contributed by atoms with van der Waals surface area (Å²) in [7, 11) is -3.78. The molecule has 0 aromatic heterocycles. The molecular formula is C28H31BrIN3O4S. The number of nitrogens with one attached hydrogen (secondary N) is 1. The van der Waals surface area contributed by atoms with Crippen LogP contribution < -0.4 is 9.62 Å². The molecule has 0 heterocycles. The standard InChI is InChI=1S/C28H31BrIN3O4S/c1-3-17-31-28(35)26(18-21-7-5-4-6-8-21)32(19-22-9-11-23(29)12-10-22)27(34)20-33(38(2,36)37)25-15-13-24(30)14-16-25/h4-16,26H,3,17-20H2,1-2H3,(H,31,35). The molecule has 7 nitrogen and oxygen atoms in total. The van der Waals surface area contributed by atoms with Crippen LogP contribution in [0.15, 0.2) is 83.3 Å². The molecule has 0 aliphatic heterocycles. The van der Waals surface area contributed by atoms with Crippen molar-refractivity contribution in [1.29, 1.82) is 0 Å². The number of carbonyl (C=O) groups is 2. The first-order chi connectivity index (χ1) is 18.1. The number of halogens is 2. The Bertz CT molecular complexity index is 1320. The van der Waals surface area contributed by atoms with Crippen molar-refractivity contribution >= 4 is 66.0 Å². The van der Waals surface area contributed by atoms with Gasteiger partial charge in [0.1, 0.15) is 12.6 Å². The lowest BCUT2D eigenvalue weighted by Crippen LogP contribution is -2.53. The van der Waals surface area contributed by atoms with E-state index in [1.807, 2.05) is 61.5 Å². The summed E-state index contributed by atoms with van der Waals surface area (Å²) < 4.78 is 28.5. The predicted octanol–water partition coefficient (Wildman–Crippen LogP) is 4.99. The van der Waals surface area contributed by atoms with Gasteiger partial charge in [0.25, 0.3) is 0 Å². The van der Waals surface area contributed by atoms with Crippen molar-refractivity contribution in [3.63, 3.8) is 0 Å². The van der Waals surface area contributed by atoms with Gasteiger partial charge in [-0.05, 0) is 76.5 Å². The maximum atomic E-state index is 14.0. The van der Waals surface area contributed by atoms with Gasteiger partial charge in [-0.2, -0.15) is 0 Å². The highest BCUT2D eigenvalue weighted by Gasteiger charge is 2.32. The van der Waals surface area contributed by atoms with Crippen LogP contribution in [-0.2, 0) is 32.6 Å². The van der Waals surface area contributed by atoms with Gasteiger partial charge in [-0.3, -0.25) is 13.9 Å². The summed E-state index contributed by atoms with van der Waals surface area (Å²) >= 11 is 5.57. The number of amides is 2. The molecule has 1 atom stereocenters. The van der Waals surface area contributed by atoms with Crippen molar-refractivity contribution < 1.29 is 18.0 Å². The van der Waals surface area contributed by atoms with Crippen molar-refractivity contribution in [2.24, 2.45) is 0 Å². The first-order valence-corrected chi connectivity index (χ1v) is 15.9. The molecule has 3 aromatic carbocycles. The van der Waals surface area contributed by atoms with Gasteiger partial charge in [0, 0.05) is 27.6 Å². The summed E-state index contributed by atoms with van der Waals surface area (Å²) in [4.78, 5) is 28.9. The van der Waals surface area contributed by atoms with E-state index in [0.717, 1.165) is 36.2 Å². The Morgan fingerprint density at radius 3 is 2.16 bits per heavy atom. The monoisotopic (exact) mass is 711 g/mol. The first kappa shape index (κ1) is 30.1. The average molecular weight is 712 g/mol. The van der Waals surface area contributed by atoms with E-state index in [1.165, 1.54) is 4.90 Å². The van der Waals surface area contributed by atoms with Crippen LogP contribution in [0.5, 0.6) is 0 Å². The minimum Gasteiger partial charge on any atom is -0.354 e. The number of hydrogen-bond acceptors (Lipinski definition) is 4. The van der Waals surface area contributed by atoms with Crippen LogP contribution in [0, 0.1) is 3.57 Å². The molecule has 38 heavy (non-hydrogen) atoms. The van der Waals surface area contributed by atoms with Crippen LogP contribution in [0.2, 0.25) is 0 Å². The summed E-state index contributed by atoms with van der Waals surface area (Å²) in [6.45, 7) is 2.15. The highest BCUT2D eigenvalue weighted by molar-refractivity contribution is 14.1. The quantitative estimate of drug-likeness (QED) is 0.269. The van der Waals surface area contributed by atoms with Gasteiger partial charge in [-0.25, -0.2) is 8.42 Å². The van der Waals surface area contributed by atoms with E-state index in [1.54, 1.807) is 24.3 Å². The zero-order valence-electron chi connectivity index (χ0n) is 21.3. The van der Waals surface area contributed by atoms with Gasteiger partial charge in [0.15, 0.2) is 0 Å². The zero-order valence-corrected chi connectivity index (χ0v) is 25.9. The Balaban J connectivity index is 2.02. The van der Waals surface area contributed by atoms with E-state index in [2.05, 4.69) is 43.8 Å². The molecule has 1 unspecified atom stereocenters. The van der Waals surface area contributed by atoms with Crippen molar-refractivity contribution in [2.75, 3.05) is 23.7 Å². The Hall–Kier alpha value is -2.44. The smallest absolute Gasteiger partial charge is 0.244 e.